The summed E-state index contributed by atoms with van der Waals surface area (Å²) < 4.78 is 48.4. The predicted octanol–water partition coefficient (Wildman–Crippen LogP) is 7.02. The van der Waals surface area contributed by atoms with Crippen LogP contribution in [0, 0.1) is 5.92 Å². The lowest BCUT2D eigenvalue weighted by molar-refractivity contribution is -0.145. The Balaban J connectivity index is 1.37. The van der Waals surface area contributed by atoms with Gasteiger partial charge in [-0.2, -0.15) is 18.3 Å². The summed E-state index contributed by atoms with van der Waals surface area (Å²) >= 11 is 6.44. The molecule has 0 amide bonds. The molecule has 0 radical (unpaired) electrons. The fourth-order valence-corrected chi connectivity index (χ4v) is 6.39. The Morgan fingerprint density at radius 2 is 1.77 bits per heavy atom. The lowest BCUT2D eigenvalue weighted by Crippen LogP contribution is -2.47. The molecular formula is C32H39ClF3N5O2. The molecule has 0 spiro atoms. The monoisotopic (exact) mass is 617 g/mol. The van der Waals surface area contributed by atoms with Crippen molar-refractivity contribution < 1.29 is 22.7 Å². The van der Waals surface area contributed by atoms with Crippen LogP contribution < -0.4 is 9.80 Å². The lowest BCUT2D eigenvalue weighted by atomic mass is 9.99. The van der Waals surface area contributed by atoms with Crippen LogP contribution in [-0.4, -0.2) is 73.1 Å². The SMILES string of the molecule is CCOC(=O)c1cnn(C2CCCN(c3cc(Cl)ccc3-c3ccc(N4CCN(CC(C)C)CC4)cc3)C2)c1C(F)(F)F. The van der Waals surface area contributed by atoms with Crippen LogP contribution >= 0.6 is 11.6 Å². The van der Waals surface area contributed by atoms with Gasteiger partial charge >= 0.3 is 12.1 Å². The van der Waals surface area contributed by atoms with Gasteiger partial charge in [0.25, 0.3) is 0 Å². The van der Waals surface area contributed by atoms with Gasteiger partial charge in [-0.3, -0.25) is 9.58 Å². The number of rotatable bonds is 8. The van der Waals surface area contributed by atoms with Crippen molar-refractivity contribution in [1.29, 1.82) is 0 Å². The van der Waals surface area contributed by atoms with Gasteiger partial charge < -0.3 is 14.5 Å². The van der Waals surface area contributed by atoms with Crippen LogP contribution in [0.15, 0.2) is 48.7 Å². The zero-order valence-electron chi connectivity index (χ0n) is 24.9. The number of carbonyl (C=O) groups excluding carboxylic acids is 1. The third kappa shape index (κ3) is 7.12. The van der Waals surface area contributed by atoms with Gasteiger partial charge in [0.2, 0.25) is 0 Å². The largest absolute Gasteiger partial charge is 0.462 e. The van der Waals surface area contributed by atoms with Gasteiger partial charge in [-0.25, -0.2) is 4.79 Å². The fourth-order valence-electron chi connectivity index (χ4n) is 6.22. The number of piperidine rings is 1. The van der Waals surface area contributed by atoms with Crippen molar-refractivity contribution in [1.82, 2.24) is 14.7 Å². The summed E-state index contributed by atoms with van der Waals surface area (Å²) in [5.41, 5.74) is 2.38. The van der Waals surface area contributed by atoms with Crippen LogP contribution in [0.1, 0.15) is 55.7 Å². The minimum Gasteiger partial charge on any atom is -0.462 e. The smallest absolute Gasteiger partial charge is 0.433 e. The van der Waals surface area contributed by atoms with E-state index < -0.39 is 29.4 Å². The molecule has 11 heteroatoms. The number of alkyl halides is 3. The maximum atomic E-state index is 14.2. The average molecular weight is 618 g/mol. The topological polar surface area (TPSA) is 53.8 Å². The van der Waals surface area contributed by atoms with Gasteiger partial charge in [0, 0.05) is 67.8 Å². The van der Waals surface area contributed by atoms with Gasteiger partial charge in [-0.15, -0.1) is 0 Å². The van der Waals surface area contributed by atoms with E-state index in [1.165, 1.54) is 5.69 Å². The highest BCUT2D eigenvalue weighted by Gasteiger charge is 2.42. The zero-order valence-corrected chi connectivity index (χ0v) is 25.7. The van der Waals surface area contributed by atoms with E-state index in [0.717, 1.165) is 60.4 Å². The van der Waals surface area contributed by atoms with E-state index >= 15 is 0 Å². The molecule has 0 aliphatic carbocycles. The molecule has 1 atom stereocenters. The zero-order chi connectivity index (χ0) is 30.7. The van der Waals surface area contributed by atoms with Gasteiger partial charge in [-0.1, -0.05) is 43.6 Å². The Bertz CT molecular complexity index is 1400. The number of nitrogens with zero attached hydrogens (tertiary/aromatic N) is 5. The Labute approximate surface area is 256 Å². The number of anilines is 2. The molecule has 7 nitrogen and oxygen atoms in total. The highest BCUT2D eigenvalue weighted by molar-refractivity contribution is 6.31. The third-order valence-corrected chi connectivity index (χ3v) is 8.38. The fraction of sp³-hybridized carbons (Fsp3) is 0.500. The minimum atomic E-state index is -4.76. The second kappa shape index (κ2) is 13.2. The molecule has 2 aliphatic rings. The molecule has 5 rings (SSSR count). The molecule has 2 aliphatic heterocycles. The number of hydrogen-bond donors (Lipinski definition) is 0. The van der Waals surface area contributed by atoms with Gasteiger partial charge in [0.05, 0.1) is 18.8 Å². The number of aromatic nitrogens is 2. The van der Waals surface area contributed by atoms with E-state index in [2.05, 4.69) is 57.9 Å². The minimum absolute atomic E-state index is 0.0219. The molecule has 3 heterocycles. The summed E-state index contributed by atoms with van der Waals surface area (Å²) in [6.45, 7) is 12.2. The number of esters is 1. The summed E-state index contributed by atoms with van der Waals surface area (Å²) in [5.74, 6) is -0.366. The highest BCUT2D eigenvalue weighted by Crippen LogP contribution is 2.39. The second-order valence-electron chi connectivity index (χ2n) is 11.7. The van der Waals surface area contributed by atoms with Crippen LogP contribution in [0.3, 0.4) is 0 Å². The standard InChI is InChI=1S/C32H39ClF3N5O2/c1-4-43-31(42)28-19-37-41(30(28)32(34,35)36)26-6-5-13-40(21-26)29-18-24(33)9-12-27(29)23-7-10-25(11-8-23)39-16-14-38(15-17-39)20-22(2)3/h7-12,18-19,22,26H,4-6,13-17,20-21H2,1-3H3. The van der Waals surface area contributed by atoms with Gasteiger partial charge in [0.15, 0.2) is 5.69 Å². The van der Waals surface area contributed by atoms with Crippen molar-refractivity contribution in [2.24, 2.45) is 5.92 Å². The van der Waals surface area contributed by atoms with E-state index in [1.807, 2.05) is 18.2 Å². The first-order valence-electron chi connectivity index (χ1n) is 15.0. The summed E-state index contributed by atoms with van der Waals surface area (Å²) in [7, 11) is 0. The highest BCUT2D eigenvalue weighted by atomic mass is 35.5. The molecule has 1 aromatic heterocycles. The maximum absolute atomic E-state index is 14.2. The van der Waals surface area contributed by atoms with E-state index in [9.17, 15) is 18.0 Å². The molecule has 2 aromatic carbocycles. The number of halogens is 4. The number of carbonyl (C=O) groups is 1. The molecule has 232 valence electrons. The normalized spacial score (nSPS) is 18.4. The first-order chi connectivity index (χ1) is 20.5. The number of ether oxygens (including phenoxy) is 1. The Morgan fingerprint density at radius 1 is 1.05 bits per heavy atom. The molecule has 2 saturated heterocycles. The van der Waals surface area contributed by atoms with E-state index in [4.69, 9.17) is 16.3 Å². The summed E-state index contributed by atoms with van der Waals surface area (Å²) in [6.07, 6.45) is -2.63. The number of benzene rings is 2. The predicted molar refractivity (Wildman–Crippen MR) is 164 cm³/mol. The van der Waals surface area contributed by atoms with Crippen LogP contribution in [0.2, 0.25) is 5.02 Å². The molecular weight excluding hydrogens is 579 g/mol. The van der Waals surface area contributed by atoms with Crippen molar-refractivity contribution >= 4 is 28.9 Å². The maximum Gasteiger partial charge on any atom is 0.433 e. The van der Waals surface area contributed by atoms with E-state index in [-0.39, 0.29) is 6.61 Å². The van der Waals surface area contributed by atoms with E-state index in [0.29, 0.717) is 36.9 Å². The van der Waals surface area contributed by atoms with Gasteiger partial charge in [-0.05, 0) is 55.5 Å². The first-order valence-corrected chi connectivity index (χ1v) is 15.4. The van der Waals surface area contributed by atoms with Crippen LogP contribution in [0.25, 0.3) is 11.1 Å². The number of piperazine rings is 1. The Kier molecular flexibility index (Phi) is 9.56. The van der Waals surface area contributed by atoms with Crippen molar-refractivity contribution in [3.63, 3.8) is 0 Å². The summed E-state index contributed by atoms with van der Waals surface area (Å²) in [6, 6.07) is 13.6. The van der Waals surface area contributed by atoms with Crippen molar-refractivity contribution in [3.8, 4) is 11.1 Å². The quantitative estimate of drug-likeness (QED) is 0.253. The van der Waals surface area contributed by atoms with Crippen LogP contribution in [0.4, 0.5) is 24.5 Å². The van der Waals surface area contributed by atoms with Crippen molar-refractivity contribution in [3.05, 3.63) is 64.9 Å². The molecule has 43 heavy (non-hydrogen) atoms. The molecule has 0 N–H and O–H groups in total. The molecule has 0 saturated carbocycles. The van der Waals surface area contributed by atoms with Crippen LogP contribution in [0.5, 0.6) is 0 Å². The molecule has 1 unspecified atom stereocenters. The summed E-state index contributed by atoms with van der Waals surface area (Å²) in [4.78, 5) is 19.3. The Morgan fingerprint density at radius 3 is 2.42 bits per heavy atom. The third-order valence-electron chi connectivity index (χ3n) is 8.14. The average Bonchev–Trinajstić information content (AvgIpc) is 3.44. The first kappa shape index (κ1) is 31.2. The second-order valence-corrected chi connectivity index (χ2v) is 12.1. The summed E-state index contributed by atoms with van der Waals surface area (Å²) in [5, 5.41) is 4.60. The van der Waals surface area contributed by atoms with Gasteiger partial charge in [0.1, 0.15) is 5.56 Å². The number of hydrogen-bond acceptors (Lipinski definition) is 6. The van der Waals surface area contributed by atoms with Crippen LogP contribution in [-0.2, 0) is 10.9 Å². The van der Waals surface area contributed by atoms with Crippen molar-refractivity contribution in [2.45, 2.75) is 45.8 Å². The molecule has 3 aromatic rings. The van der Waals surface area contributed by atoms with E-state index in [1.54, 1.807) is 6.92 Å². The lowest BCUT2D eigenvalue weighted by Gasteiger charge is -2.37. The Hall–Kier alpha value is -3.24. The molecule has 0 bridgehead atoms. The molecule has 2 fully saturated rings. The van der Waals surface area contributed by atoms with Crippen molar-refractivity contribution in [2.75, 3.05) is 62.2 Å².